The number of amides is 2. The van der Waals surface area contributed by atoms with Crippen molar-refractivity contribution >= 4 is 44.9 Å². The Hall–Kier alpha value is -3.41. The molecule has 13 heteroatoms. The van der Waals surface area contributed by atoms with Gasteiger partial charge < -0.3 is 19.5 Å². The highest BCUT2D eigenvalue weighted by Gasteiger charge is 2.39. The maximum atomic E-state index is 13.5. The van der Waals surface area contributed by atoms with Gasteiger partial charge in [0, 0.05) is 26.2 Å². The number of hydrogen-bond acceptors (Lipinski definition) is 7. The minimum atomic E-state index is -3.74. The fourth-order valence-electron chi connectivity index (χ4n) is 4.96. The Kier molecular flexibility index (Phi) is 8.86. The lowest BCUT2D eigenvalue weighted by Crippen LogP contribution is -2.46. The molecule has 0 radical (unpaired) electrons. The van der Waals surface area contributed by atoms with Crippen LogP contribution in [0.3, 0.4) is 0 Å². The van der Waals surface area contributed by atoms with E-state index in [0.29, 0.717) is 19.4 Å². The van der Waals surface area contributed by atoms with Crippen LogP contribution in [-0.2, 0) is 16.4 Å². The van der Waals surface area contributed by atoms with Crippen LogP contribution in [0.5, 0.6) is 5.75 Å². The van der Waals surface area contributed by atoms with Gasteiger partial charge in [-0.05, 0) is 44.1 Å². The third-order valence-corrected chi connectivity index (χ3v) is 9.20. The van der Waals surface area contributed by atoms with E-state index in [2.05, 4.69) is 11.6 Å². The number of benzene rings is 1. The molecule has 2 aliphatic rings. The van der Waals surface area contributed by atoms with Crippen molar-refractivity contribution in [2.24, 2.45) is 0 Å². The van der Waals surface area contributed by atoms with Gasteiger partial charge in [-0.25, -0.2) is 8.42 Å². The van der Waals surface area contributed by atoms with Crippen molar-refractivity contribution in [3.63, 3.8) is 0 Å². The van der Waals surface area contributed by atoms with Crippen molar-refractivity contribution in [2.75, 3.05) is 25.4 Å². The zero-order chi connectivity index (χ0) is 29.2. The number of halogens is 2. The molecule has 0 aliphatic carbocycles. The van der Waals surface area contributed by atoms with E-state index in [1.807, 2.05) is 0 Å². The summed E-state index contributed by atoms with van der Waals surface area (Å²) in [6.45, 7) is 5.66. The first-order valence-electron chi connectivity index (χ1n) is 12.6. The first-order valence-corrected chi connectivity index (χ1v) is 15.0. The predicted molar refractivity (Wildman–Crippen MR) is 152 cm³/mol. The van der Waals surface area contributed by atoms with Crippen LogP contribution >= 0.6 is 23.2 Å². The van der Waals surface area contributed by atoms with Crippen LogP contribution in [0.2, 0.25) is 10.0 Å². The second kappa shape index (κ2) is 12.0. The number of aromatic nitrogens is 2. The van der Waals surface area contributed by atoms with E-state index in [9.17, 15) is 27.9 Å². The zero-order valence-electron chi connectivity index (χ0n) is 21.7. The summed E-state index contributed by atoms with van der Waals surface area (Å²) in [5.41, 5.74) is -1.17. The van der Waals surface area contributed by atoms with Crippen LogP contribution in [-0.4, -0.2) is 70.1 Å². The fraction of sp³-hybridized carbons (Fsp3) is 0.333. The number of sulfone groups is 1. The molecular formula is C27H28Cl2N4O6S. The molecule has 0 saturated carbocycles. The Labute approximate surface area is 241 Å². The van der Waals surface area contributed by atoms with Crippen molar-refractivity contribution < 1.29 is 23.1 Å². The van der Waals surface area contributed by atoms with Crippen LogP contribution < -0.4 is 5.56 Å². The molecule has 2 amide bonds. The van der Waals surface area contributed by atoms with Gasteiger partial charge in [0.05, 0.1) is 32.3 Å². The van der Waals surface area contributed by atoms with Crippen LogP contribution in [0.4, 0.5) is 0 Å². The summed E-state index contributed by atoms with van der Waals surface area (Å²) in [4.78, 5) is 46.5. The molecule has 0 unspecified atom stereocenters. The molecule has 2 aliphatic heterocycles. The molecular weight excluding hydrogens is 579 g/mol. The quantitative estimate of drug-likeness (QED) is 0.453. The highest BCUT2D eigenvalue weighted by atomic mass is 35.5. The molecule has 1 atom stereocenters. The number of nitrogens with zero attached hydrogens (tertiary/aromatic N) is 4. The monoisotopic (exact) mass is 606 g/mol. The Bertz CT molecular complexity index is 1580. The second-order valence-corrected chi connectivity index (χ2v) is 12.2. The van der Waals surface area contributed by atoms with Gasteiger partial charge in [0.25, 0.3) is 11.8 Å². The number of likely N-dealkylation sites (tertiary alicyclic amines) is 1. The molecule has 2 aromatic rings. The molecule has 1 aromatic carbocycles. The largest absolute Gasteiger partial charge is 0.501 e. The molecule has 0 bridgehead atoms. The van der Waals surface area contributed by atoms with Gasteiger partial charge in [-0.1, -0.05) is 48.0 Å². The number of fused-ring (bicyclic) bond motifs is 1. The van der Waals surface area contributed by atoms with Gasteiger partial charge >= 0.3 is 5.56 Å². The highest BCUT2D eigenvalue weighted by molar-refractivity contribution is 7.95. The van der Waals surface area contributed by atoms with Crippen molar-refractivity contribution in [2.45, 2.75) is 32.4 Å². The van der Waals surface area contributed by atoms with E-state index in [0.717, 1.165) is 0 Å². The lowest BCUT2D eigenvalue weighted by Gasteiger charge is -2.34. The second-order valence-electron chi connectivity index (χ2n) is 9.29. The van der Waals surface area contributed by atoms with Gasteiger partial charge in [0.15, 0.2) is 15.5 Å². The average molecular weight is 608 g/mol. The van der Waals surface area contributed by atoms with Gasteiger partial charge in [0.2, 0.25) is 5.75 Å². The van der Waals surface area contributed by atoms with E-state index in [1.165, 1.54) is 32.6 Å². The molecule has 4 rings (SSSR count). The van der Waals surface area contributed by atoms with E-state index >= 15 is 0 Å². The van der Waals surface area contributed by atoms with E-state index < -0.39 is 39.0 Å². The first-order chi connectivity index (χ1) is 19.0. The number of aromatic hydroxyl groups is 1. The summed E-state index contributed by atoms with van der Waals surface area (Å²) in [5.74, 6) is -2.17. The molecule has 0 spiro atoms. The fourth-order valence-corrected chi connectivity index (χ4v) is 6.86. The Morgan fingerprint density at radius 3 is 2.55 bits per heavy atom. The minimum Gasteiger partial charge on any atom is -0.501 e. The number of rotatable bonds is 8. The van der Waals surface area contributed by atoms with Gasteiger partial charge in [-0.2, -0.15) is 4.98 Å². The maximum Gasteiger partial charge on any atom is 0.315 e. The normalized spacial score (nSPS) is 17.9. The lowest BCUT2D eigenvalue weighted by molar-refractivity contribution is 0.0689. The summed E-state index contributed by atoms with van der Waals surface area (Å²) in [6.07, 6.45) is 6.84. The van der Waals surface area contributed by atoms with Crippen molar-refractivity contribution in [1.29, 1.82) is 0 Å². The standard InChI is InChI=1S/C27H28Cl2N4O6S/c1-3-7-17(8-4-2)40(38,39)16-15-31-13-14-33-22(27(31)37)23(34)25(35)30-24(33)20-11-6-12-32(20)26(36)21-18(28)9-5-10-19(21)29/h3-5,7-10,20,34H,1,6,11-16H2,2H3/b8-4-,17-7+/t20-/m0/s1. The number of carbonyl (C=O) groups is 2. The van der Waals surface area contributed by atoms with Crippen LogP contribution in [0.15, 0.2) is 58.8 Å². The van der Waals surface area contributed by atoms with Gasteiger partial charge in [0.1, 0.15) is 5.82 Å². The molecule has 1 fully saturated rings. The maximum absolute atomic E-state index is 13.5. The van der Waals surface area contributed by atoms with E-state index in [-0.39, 0.29) is 57.4 Å². The van der Waals surface area contributed by atoms with Crippen molar-refractivity contribution in [1.82, 2.24) is 19.4 Å². The number of allylic oxidation sites excluding steroid dienone is 4. The smallest absolute Gasteiger partial charge is 0.315 e. The van der Waals surface area contributed by atoms with Crippen molar-refractivity contribution in [3.05, 3.63) is 91.5 Å². The molecule has 212 valence electrons. The Morgan fingerprint density at radius 2 is 1.90 bits per heavy atom. The number of carbonyl (C=O) groups excluding carboxylic acids is 2. The van der Waals surface area contributed by atoms with Crippen molar-refractivity contribution in [3.8, 4) is 5.75 Å². The third kappa shape index (κ3) is 5.59. The molecule has 1 N–H and O–H groups in total. The van der Waals surface area contributed by atoms with Crippen LogP contribution in [0.1, 0.15) is 52.5 Å². The van der Waals surface area contributed by atoms with Gasteiger partial charge in [-0.15, -0.1) is 0 Å². The summed E-state index contributed by atoms with van der Waals surface area (Å²) in [7, 11) is -3.74. The van der Waals surface area contributed by atoms with Crippen LogP contribution in [0.25, 0.3) is 0 Å². The first kappa shape index (κ1) is 29.6. The summed E-state index contributed by atoms with van der Waals surface area (Å²) in [5, 5.41) is 10.9. The lowest BCUT2D eigenvalue weighted by atomic mass is 10.1. The summed E-state index contributed by atoms with van der Waals surface area (Å²) < 4.78 is 27.1. The molecule has 3 heterocycles. The van der Waals surface area contributed by atoms with E-state index in [4.69, 9.17) is 23.2 Å². The third-order valence-electron chi connectivity index (χ3n) is 6.86. The Morgan fingerprint density at radius 1 is 1.20 bits per heavy atom. The number of hydrogen-bond donors (Lipinski definition) is 1. The molecule has 10 nitrogen and oxygen atoms in total. The topological polar surface area (TPSA) is 130 Å². The molecule has 1 saturated heterocycles. The van der Waals surface area contributed by atoms with E-state index in [1.54, 1.807) is 31.2 Å². The average Bonchev–Trinajstić information content (AvgIpc) is 3.39. The zero-order valence-corrected chi connectivity index (χ0v) is 24.0. The molecule has 1 aromatic heterocycles. The minimum absolute atomic E-state index is 0.0602. The summed E-state index contributed by atoms with van der Waals surface area (Å²) in [6, 6.07) is 4.07. The molecule has 40 heavy (non-hydrogen) atoms. The highest BCUT2D eigenvalue weighted by Crippen LogP contribution is 2.36. The SMILES string of the molecule is C=C/C=C(\C=C/C)S(=O)(=O)CCN1CCn2c([C@@H]3CCCN3C(=O)c3c(Cl)cccc3Cl)nc(=O)c(O)c2C1=O. The van der Waals surface area contributed by atoms with Gasteiger partial charge in [-0.3, -0.25) is 14.4 Å². The van der Waals surface area contributed by atoms with Crippen LogP contribution in [0, 0.1) is 0 Å². The predicted octanol–water partition coefficient (Wildman–Crippen LogP) is 3.75. The Balaban J connectivity index is 1.66. The summed E-state index contributed by atoms with van der Waals surface area (Å²) >= 11 is 12.5.